The normalized spacial score (nSPS) is 12.9. The minimum Gasteiger partial charge on any atom is -0.491 e. The van der Waals surface area contributed by atoms with E-state index in [1.807, 2.05) is 27.7 Å². The van der Waals surface area contributed by atoms with E-state index in [4.69, 9.17) is 9.47 Å². The van der Waals surface area contributed by atoms with Gasteiger partial charge in [-0.05, 0) is 58.7 Å². The number of thiophene rings is 1. The van der Waals surface area contributed by atoms with Gasteiger partial charge >= 0.3 is 5.69 Å². The molecule has 0 bridgehead atoms. The average Bonchev–Trinajstić information content (AvgIpc) is 3.57. The predicted octanol–water partition coefficient (Wildman–Crippen LogP) is 4.14. The van der Waals surface area contributed by atoms with Crippen LogP contribution in [-0.2, 0) is 21.6 Å². The van der Waals surface area contributed by atoms with E-state index in [0.29, 0.717) is 21.0 Å². The molecule has 1 aromatic carbocycles. The first kappa shape index (κ1) is 32.2. The molecule has 0 aliphatic rings. The standard InChI is InChI=1S/C30H38FN5O6S/c1-17(2)14-24(38)30(6,7)35-26(39)25-19(5)27(36-32-10-11-33-36)43-28(25)34(29(35)40)16-23(42-18(3)4)21-15-20(31)8-9-22(21)41-13-12-37/h8-11,15,17-18,23,37H,12-14,16H2,1-7H3/t23-/m0/s1. The molecule has 0 amide bonds. The van der Waals surface area contributed by atoms with Crippen molar-refractivity contribution in [3.63, 3.8) is 0 Å². The zero-order chi connectivity index (χ0) is 31.6. The van der Waals surface area contributed by atoms with Gasteiger partial charge in [0.25, 0.3) is 5.56 Å². The van der Waals surface area contributed by atoms with Crippen LogP contribution in [0.5, 0.6) is 5.75 Å². The van der Waals surface area contributed by atoms with Crippen molar-refractivity contribution >= 4 is 27.3 Å². The largest absolute Gasteiger partial charge is 0.491 e. The molecule has 0 saturated carbocycles. The highest BCUT2D eigenvalue weighted by Gasteiger charge is 2.36. The Labute approximate surface area is 252 Å². The van der Waals surface area contributed by atoms with Crippen molar-refractivity contribution in [3.05, 3.63) is 68.4 Å². The highest BCUT2D eigenvalue weighted by Crippen LogP contribution is 2.35. The Balaban J connectivity index is 2.03. The Kier molecular flexibility index (Phi) is 9.67. The molecule has 3 aromatic heterocycles. The van der Waals surface area contributed by atoms with Gasteiger partial charge in [0, 0.05) is 17.5 Å². The molecule has 0 aliphatic carbocycles. The molecule has 0 spiro atoms. The summed E-state index contributed by atoms with van der Waals surface area (Å²) in [4.78, 5) is 43.7. The van der Waals surface area contributed by atoms with Gasteiger partial charge in [0.05, 0.1) is 37.0 Å². The number of halogens is 1. The van der Waals surface area contributed by atoms with Gasteiger partial charge in [-0.1, -0.05) is 25.2 Å². The Morgan fingerprint density at radius 2 is 1.81 bits per heavy atom. The van der Waals surface area contributed by atoms with Crippen molar-refractivity contribution in [2.75, 3.05) is 13.2 Å². The van der Waals surface area contributed by atoms with Crippen LogP contribution in [0.15, 0.2) is 40.2 Å². The molecule has 4 rings (SSSR count). The second kappa shape index (κ2) is 12.9. The maximum absolute atomic E-state index is 14.6. The van der Waals surface area contributed by atoms with E-state index in [1.54, 1.807) is 20.8 Å². The summed E-state index contributed by atoms with van der Waals surface area (Å²) in [5, 5.41) is 18.6. The highest BCUT2D eigenvalue weighted by molar-refractivity contribution is 7.21. The summed E-state index contributed by atoms with van der Waals surface area (Å²) in [6, 6.07) is 3.95. The number of ketones is 1. The smallest absolute Gasteiger partial charge is 0.333 e. The predicted molar refractivity (Wildman–Crippen MR) is 162 cm³/mol. The Bertz CT molecular complexity index is 1720. The first-order valence-corrected chi connectivity index (χ1v) is 15.0. The Morgan fingerprint density at radius 3 is 2.42 bits per heavy atom. The molecule has 0 radical (unpaired) electrons. The number of aromatic nitrogens is 5. The topological polar surface area (TPSA) is 130 Å². The van der Waals surface area contributed by atoms with Crippen molar-refractivity contribution in [2.45, 2.75) is 79.2 Å². The van der Waals surface area contributed by atoms with Gasteiger partial charge in [0.15, 0.2) is 5.78 Å². The fourth-order valence-corrected chi connectivity index (χ4v) is 6.23. The molecule has 3 heterocycles. The van der Waals surface area contributed by atoms with Crippen molar-refractivity contribution < 1.29 is 23.8 Å². The fraction of sp³-hybridized carbons (Fsp3) is 0.500. The molecule has 4 aromatic rings. The second-order valence-corrected chi connectivity index (χ2v) is 12.6. The van der Waals surface area contributed by atoms with Crippen molar-refractivity contribution in [1.82, 2.24) is 24.1 Å². The third kappa shape index (κ3) is 6.48. The fourth-order valence-electron chi connectivity index (χ4n) is 5.01. The zero-order valence-electron chi connectivity index (χ0n) is 25.5. The number of rotatable bonds is 13. The summed E-state index contributed by atoms with van der Waals surface area (Å²) >= 11 is 1.16. The lowest BCUT2D eigenvalue weighted by atomic mass is 9.91. The summed E-state index contributed by atoms with van der Waals surface area (Å²) in [7, 11) is 0. The van der Waals surface area contributed by atoms with Gasteiger partial charge in [0.2, 0.25) is 0 Å². The van der Waals surface area contributed by atoms with E-state index in [0.717, 1.165) is 15.9 Å². The average molecular weight is 616 g/mol. The molecule has 0 saturated heterocycles. The number of Topliss-reactive ketones (excluding diaryl/α,β-unsaturated/α-hetero) is 1. The molecule has 0 fully saturated rings. The van der Waals surface area contributed by atoms with Crippen LogP contribution in [0, 0.1) is 18.7 Å². The zero-order valence-corrected chi connectivity index (χ0v) is 26.3. The van der Waals surface area contributed by atoms with Gasteiger partial charge < -0.3 is 14.6 Å². The number of aliphatic hydroxyl groups excluding tert-OH is 1. The Hall–Kier alpha value is -3.68. The lowest BCUT2D eigenvalue weighted by molar-refractivity contribution is -0.127. The number of aryl methyl sites for hydroxylation is 1. The minimum absolute atomic E-state index is 0.0166. The maximum Gasteiger partial charge on any atom is 0.333 e. The van der Waals surface area contributed by atoms with Gasteiger partial charge in [-0.15, -0.1) is 4.80 Å². The van der Waals surface area contributed by atoms with Crippen LogP contribution >= 0.6 is 11.3 Å². The summed E-state index contributed by atoms with van der Waals surface area (Å²) < 4.78 is 28.9. The summed E-state index contributed by atoms with van der Waals surface area (Å²) in [5.41, 5.74) is -1.88. The third-order valence-corrected chi connectivity index (χ3v) is 8.36. The number of carbonyl (C=O) groups is 1. The molecular formula is C30H38FN5O6S. The van der Waals surface area contributed by atoms with E-state index < -0.39 is 28.7 Å². The number of fused-ring (bicyclic) bond motifs is 1. The van der Waals surface area contributed by atoms with Crippen LogP contribution in [0.4, 0.5) is 4.39 Å². The molecule has 43 heavy (non-hydrogen) atoms. The number of ether oxygens (including phenoxy) is 2. The van der Waals surface area contributed by atoms with Crippen LogP contribution in [0.25, 0.3) is 15.2 Å². The third-order valence-electron chi connectivity index (χ3n) is 7.08. The number of hydrogen-bond donors (Lipinski definition) is 1. The van der Waals surface area contributed by atoms with E-state index in [1.165, 1.54) is 40.0 Å². The molecule has 1 atom stereocenters. The van der Waals surface area contributed by atoms with E-state index in [2.05, 4.69) is 10.2 Å². The van der Waals surface area contributed by atoms with Crippen molar-refractivity contribution in [3.8, 4) is 10.8 Å². The summed E-state index contributed by atoms with van der Waals surface area (Å²) in [6.45, 7) is 11.9. The second-order valence-electron chi connectivity index (χ2n) is 11.6. The maximum atomic E-state index is 14.6. The molecule has 11 nitrogen and oxygen atoms in total. The molecule has 0 aliphatic heterocycles. The SMILES string of the molecule is Cc1c(-n2nccn2)sc2c1c(=O)n(C(C)(C)C(=O)CC(C)C)c(=O)n2C[C@H](OC(C)C)c1cc(F)ccc1OCCO. The van der Waals surface area contributed by atoms with Crippen molar-refractivity contribution in [2.24, 2.45) is 5.92 Å². The van der Waals surface area contributed by atoms with Gasteiger partial charge in [-0.2, -0.15) is 10.2 Å². The van der Waals surface area contributed by atoms with Crippen LogP contribution in [0.1, 0.15) is 65.2 Å². The van der Waals surface area contributed by atoms with E-state index in [-0.39, 0.29) is 55.1 Å². The van der Waals surface area contributed by atoms with Crippen molar-refractivity contribution in [1.29, 1.82) is 0 Å². The monoisotopic (exact) mass is 615 g/mol. The number of benzene rings is 1. The van der Waals surface area contributed by atoms with Gasteiger partial charge in [-0.3, -0.25) is 14.2 Å². The first-order valence-electron chi connectivity index (χ1n) is 14.2. The van der Waals surface area contributed by atoms with Crippen LogP contribution in [0.3, 0.4) is 0 Å². The number of aliphatic hydroxyl groups is 1. The summed E-state index contributed by atoms with van der Waals surface area (Å²) in [6.07, 6.45) is 1.95. The van der Waals surface area contributed by atoms with E-state index >= 15 is 0 Å². The first-order chi connectivity index (χ1) is 20.3. The quantitative estimate of drug-likeness (QED) is 0.238. The van der Waals surface area contributed by atoms with E-state index in [9.17, 15) is 23.9 Å². The molecule has 0 unspecified atom stereocenters. The minimum atomic E-state index is -1.46. The summed E-state index contributed by atoms with van der Waals surface area (Å²) in [5.74, 6) is -0.488. The molecule has 13 heteroatoms. The number of carbonyl (C=O) groups excluding carboxylic acids is 1. The molecule has 232 valence electrons. The van der Waals surface area contributed by atoms with Crippen LogP contribution < -0.4 is 16.0 Å². The van der Waals surface area contributed by atoms with Gasteiger partial charge in [-0.25, -0.2) is 13.8 Å². The van der Waals surface area contributed by atoms with Gasteiger partial charge in [0.1, 0.15) is 39.6 Å². The lowest BCUT2D eigenvalue weighted by Gasteiger charge is -2.29. The Morgan fingerprint density at radius 1 is 1.14 bits per heavy atom. The van der Waals surface area contributed by atoms with Crippen LogP contribution in [-0.4, -0.2) is 54.3 Å². The molecular weight excluding hydrogens is 577 g/mol. The lowest BCUT2D eigenvalue weighted by Crippen LogP contribution is -2.53. The number of nitrogens with zero attached hydrogens (tertiary/aromatic N) is 5. The molecule has 1 N–H and O–H groups in total. The van der Waals surface area contributed by atoms with Crippen LogP contribution in [0.2, 0.25) is 0 Å². The number of hydrogen-bond acceptors (Lipinski definition) is 9. The highest BCUT2D eigenvalue weighted by atomic mass is 32.1.